The summed E-state index contributed by atoms with van der Waals surface area (Å²) in [5, 5.41) is 9.07. The summed E-state index contributed by atoms with van der Waals surface area (Å²) in [7, 11) is 3.26. The summed E-state index contributed by atoms with van der Waals surface area (Å²) in [6, 6.07) is 10.1. The maximum absolute atomic E-state index is 12.5. The third kappa shape index (κ3) is 2.81. The van der Waals surface area contributed by atoms with Crippen molar-refractivity contribution in [1.82, 2.24) is 4.57 Å². The van der Waals surface area contributed by atoms with Gasteiger partial charge in [0.25, 0.3) is 0 Å². The number of carbonyl (C=O) groups excluding carboxylic acids is 1. The average Bonchev–Trinajstić information content (AvgIpc) is 2.87. The molecule has 0 saturated heterocycles. The third-order valence-electron chi connectivity index (χ3n) is 3.56. The fraction of sp³-hybridized carbons (Fsp3) is 0.250. The molecule has 0 aliphatic rings. The lowest BCUT2D eigenvalue weighted by Crippen LogP contribution is -2.14. The van der Waals surface area contributed by atoms with Crippen LogP contribution in [0.5, 0.6) is 5.75 Å². The van der Waals surface area contributed by atoms with Gasteiger partial charge in [-0.3, -0.25) is 9.59 Å². The van der Waals surface area contributed by atoms with Crippen LogP contribution in [-0.2, 0) is 11.8 Å². The molecule has 1 aromatic carbocycles. The van der Waals surface area contributed by atoms with Crippen molar-refractivity contribution in [2.24, 2.45) is 7.05 Å². The van der Waals surface area contributed by atoms with E-state index in [1.54, 1.807) is 62.0 Å². The molecule has 0 radical (unpaired) electrons. The van der Waals surface area contributed by atoms with Gasteiger partial charge in [-0.1, -0.05) is 0 Å². The number of carboxylic acids is 1. The van der Waals surface area contributed by atoms with E-state index in [1.807, 2.05) is 0 Å². The SMILES string of the molecule is COc1ccc(C(=O)c2ccc(C(C)C(=O)O)n2C)cc1. The largest absolute Gasteiger partial charge is 0.497 e. The van der Waals surface area contributed by atoms with Crippen molar-refractivity contribution in [3.8, 4) is 5.75 Å². The summed E-state index contributed by atoms with van der Waals surface area (Å²) in [4.78, 5) is 23.5. The van der Waals surface area contributed by atoms with Crippen molar-refractivity contribution in [2.45, 2.75) is 12.8 Å². The van der Waals surface area contributed by atoms with Crippen molar-refractivity contribution < 1.29 is 19.4 Å². The van der Waals surface area contributed by atoms with E-state index in [0.717, 1.165) is 0 Å². The summed E-state index contributed by atoms with van der Waals surface area (Å²) >= 11 is 0. The molecular weight excluding hydrogens is 270 g/mol. The van der Waals surface area contributed by atoms with Crippen molar-refractivity contribution in [2.75, 3.05) is 7.11 Å². The predicted octanol–water partition coefficient (Wildman–Crippen LogP) is 2.45. The minimum Gasteiger partial charge on any atom is -0.497 e. The first kappa shape index (κ1) is 14.8. The highest BCUT2D eigenvalue weighted by Crippen LogP contribution is 2.21. The minimum absolute atomic E-state index is 0.149. The summed E-state index contributed by atoms with van der Waals surface area (Å²) in [6.07, 6.45) is 0. The Balaban J connectivity index is 2.33. The van der Waals surface area contributed by atoms with Gasteiger partial charge in [0.05, 0.1) is 18.7 Å². The fourth-order valence-corrected chi connectivity index (χ4v) is 2.21. The number of rotatable bonds is 5. The molecule has 0 amide bonds. The van der Waals surface area contributed by atoms with Gasteiger partial charge in [-0.15, -0.1) is 0 Å². The Morgan fingerprint density at radius 2 is 1.76 bits per heavy atom. The smallest absolute Gasteiger partial charge is 0.312 e. The van der Waals surface area contributed by atoms with E-state index in [0.29, 0.717) is 22.7 Å². The fourth-order valence-electron chi connectivity index (χ4n) is 2.21. The molecule has 110 valence electrons. The molecule has 1 heterocycles. The van der Waals surface area contributed by atoms with Crippen LogP contribution in [0.3, 0.4) is 0 Å². The van der Waals surface area contributed by atoms with E-state index in [-0.39, 0.29) is 5.78 Å². The van der Waals surface area contributed by atoms with Gasteiger partial charge in [-0.25, -0.2) is 0 Å². The second-order valence-corrected chi connectivity index (χ2v) is 4.82. The van der Waals surface area contributed by atoms with Crippen molar-refractivity contribution in [3.63, 3.8) is 0 Å². The maximum Gasteiger partial charge on any atom is 0.312 e. The molecule has 0 aliphatic heterocycles. The molecule has 5 nitrogen and oxygen atoms in total. The van der Waals surface area contributed by atoms with E-state index < -0.39 is 11.9 Å². The number of ether oxygens (including phenoxy) is 1. The molecular formula is C16H17NO4. The Bertz CT molecular complexity index is 670. The number of benzene rings is 1. The molecule has 21 heavy (non-hydrogen) atoms. The second kappa shape index (κ2) is 5.83. The number of methoxy groups -OCH3 is 1. The molecule has 1 N–H and O–H groups in total. The van der Waals surface area contributed by atoms with Crippen LogP contribution in [0.15, 0.2) is 36.4 Å². The first-order valence-electron chi connectivity index (χ1n) is 6.53. The molecule has 0 fully saturated rings. The van der Waals surface area contributed by atoms with Crippen LogP contribution in [0.2, 0.25) is 0 Å². The van der Waals surface area contributed by atoms with Crippen LogP contribution in [0.1, 0.15) is 34.6 Å². The van der Waals surface area contributed by atoms with Crippen molar-refractivity contribution in [1.29, 1.82) is 0 Å². The van der Waals surface area contributed by atoms with E-state index in [2.05, 4.69) is 0 Å². The first-order chi connectivity index (χ1) is 9.95. The number of carbonyl (C=O) groups is 2. The zero-order valence-electron chi connectivity index (χ0n) is 12.2. The summed E-state index contributed by atoms with van der Waals surface area (Å²) in [6.45, 7) is 1.60. The lowest BCUT2D eigenvalue weighted by atomic mass is 10.1. The lowest BCUT2D eigenvalue weighted by molar-refractivity contribution is -0.138. The highest BCUT2D eigenvalue weighted by atomic mass is 16.5. The number of aliphatic carboxylic acids is 1. The Morgan fingerprint density at radius 1 is 1.14 bits per heavy atom. The van der Waals surface area contributed by atoms with Crippen LogP contribution in [-0.4, -0.2) is 28.5 Å². The highest BCUT2D eigenvalue weighted by Gasteiger charge is 2.21. The second-order valence-electron chi connectivity index (χ2n) is 4.82. The number of hydrogen-bond donors (Lipinski definition) is 1. The molecule has 0 spiro atoms. The molecule has 5 heteroatoms. The number of hydrogen-bond acceptors (Lipinski definition) is 3. The standard InChI is InChI=1S/C16H17NO4/c1-10(16(19)20)13-8-9-14(17(13)2)15(18)11-4-6-12(21-3)7-5-11/h4-10H,1-3H3,(H,19,20). The lowest BCUT2D eigenvalue weighted by Gasteiger charge is -2.10. The summed E-state index contributed by atoms with van der Waals surface area (Å²) < 4.78 is 6.69. The quantitative estimate of drug-likeness (QED) is 0.858. The van der Waals surface area contributed by atoms with E-state index in [1.165, 1.54) is 0 Å². The molecule has 2 rings (SSSR count). The number of nitrogens with zero attached hydrogens (tertiary/aromatic N) is 1. The molecule has 0 bridgehead atoms. The van der Waals surface area contributed by atoms with Crippen LogP contribution in [0, 0.1) is 0 Å². The Morgan fingerprint density at radius 3 is 2.29 bits per heavy atom. The van der Waals surface area contributed by atoms with Gasteiger partial charge in [0.1, 0.15) is 5.75 Å². The van der Waals surface area contributed by atoms with Gasteiger partial charge >= 0.3 is 5.97 Å². The minimum atomic E-state index is -0.917. The van der Waals surface area contributed by atoms with Crippen LogP contribution >= 0.6 is 0 Å². The number of carboxylic acid groups (broad SMARTS) is 1. The van der Waals surface area contributed by atoms with Crippen LogP contribution in [0.4, 0.5) is 0 Å². The Kier molecular flexibility index (Phi) is 4.12. The molecule has 1 unspecified atom stereocenters. The number of ketones is 1. The van der Waals surface area contributed by atoms with Gasteiger partial charge in [0, 0.05) is 18.3 Å². The number of aromatic nitrogens is 1. The Hall–Kier alpha value is -2.56. The molecule has 1 atom stereocenters. The van der Waals surface area contributed by atoms with Gasteiger partial charge in [-0.2, -0.15) is 0 Å². The van der Waals surface area contributed by atoms with Crippen LogP contribution < -0.4 is 4.74 Å². The first-order valence-corrected chi connectivity index (χ1v) is 6.53. The summed E-state index contributed by atoms with van der Waals surface area (Å²) in [5.74, 6) is -1.05. The average molecular weight is 287 g/mol. The monoisotopic (exact) mass is 287 g/mol. The van der Waals surface area contributed by atoms with Gasteiger partial charge in [0.15, 0.2) is 0 Å². The van der Waals surface area contributed by atoms with Gasteiger partial charge in [0.2, 0.25) is 5.78 Å². The molecule has 0 aliphatic carbocycles. The third-order valence-corrected chi connectivity index (χ3v) is 3.56. The molecule has 1 aromatic heterocycles. The normalized spacial score (nSPS) is 12.0. The van der Waals surface area contributed by atoms with Gasteiger partial charge < -0.3 is 14.4 Å². The zero-order chi connectivity index (χ0) is 15.6. The molecule has 2 aromatic rings. The van der Waals surface area contributed by atoms with Crippen LogP contribution in [0.25, 0.3) is 0 Å². The van der Waals surface area contributed by atoms with E-state index in [4.69, 9.17) is 9.84 Å². The highest BCUT2D eigenvalue weighted by molar-refractivity contribution is 6.08. The van der Waals surface area contributed by atoms with Crippen molar-refractivity contribution >= 4 is 11.8 Å². The molecule has 0 saturated carbocycles. The summed E-state index contributed by atoms with van der Waals surface area (Å²) in [5.41, 5.74) is 1.59. The van der Waals surface area contributed by atoms with E-state index in [9.17, 15) is 9.59 Å². The van der Waals surface area contributed by atoms with Gasteiger partial charge in [-0.05, 0) is 43.3 Å². The zero-order valence-corrected chi connectivity index (χ0v) is 12.2. The van der Waals surface area contributed by atoms with Crippen molar-refractivity contribution in [3.05, 3.63) is 53.3 Å². The topological polar surface area (TPSA) is 68.5 Å². The Labute approximate surface area is 122 Å². The van der Waals surface area contributed by atoms with E-state index >= 15 is 0 Å². The predicted molar refractivity (Wildman–Crippen MR) is 77.9 cm³/mol. The maximum atomic E-state index is 12.5.